The van der Waals surface area contributed by atoms with Crippen molar-refractivity contribution in [3.8, 4) is 0 Å². The van der Waals surface area contributed by atoms with Crippen molar-refractivity contribution < 1.29 is 9.53 Å². The van der Waals surface area contributed by atoms with Gasteiger partial charge in [0.05, 0.1) is 12.2 Å². The molecule has 1 aromatic heterocycles. The van der Waals surface area contributed by atoms with Crippen molar-refractivity contribution in [1.82, 2.24) is 4.98 Å². The smallest absolute Gasteiger partial charge is 0.257 e. The van der Waals surface area contributed by atoms with E-state index >= 15 is 0 Å². The molecule has 5 nitrogen and oxygen atoms in total. The molecule has 0 aliphatic rings. The van der Waals surface area contributed by atoms with Crippen molar-refractivity contribution in [3.63, 3.8) is 0 Å². The average Bonchev–Trinajstić information content (AvgIpc) is 2.62. The van der Waals surface area contributed by atoms with Crippen molar-refractivity contribution in [2.24, 2.45) is 0 Å². The summed E-state index contributed by atoms with van der Waals surface area (Å²) in [6.45, 7) is 5.47. The molecule has 0 unspecified atom stereocenters. The fourth-order valence-corrected chi connectivity index (χ4v) is 2.50. The first-order valence-electron chi connectivity index (χ1n) is 8.30. The third-order valence-electron chi connectivity index (χ3n) is 3.88. The monoisotopic (exact) mass is 327 g/mol. The van der Waals surface area contributed by atoms with Gasteiger partial charge < -0.3 is 15.4 Å². The van der Waals surface area contributed by atoms with Gasteiger partial charge in [-0.3, -0.25) is 4.79 Å². The van der Waals surface area contributed by atoms with Crippen LogP contribution in [0, 0.1) is 0 Å². The minimum absolute atomic E-state index is 0.137. The Labute approximate surface area is 143 Å². The predicted octanol–water partition coefficient (Wildman–Crippen LogP) is 3.52. The second-order valence-electron chi connectivity index (χ2n) is 5.46. The number of amides is 1. The molecule has 1 heterocycles. The van der Waals surface area contributed by atoms with Crippen molar-refractivity contribution >= 4 is 17.4 Å². The zero-order valence-electron chi connectivity index (χ0n) is 14.6. The number of ether oxygens (including phenoxy) is 1. The van der Waals surface area contributed by atoms with E-state index in [0.29, 0.717) is 18.7 Å². The van der Waals surface area contributed by atoms with E-state index in [-0.39, 0.29) is 5.91 Å². The van der Waals surface area contributed by atoms with Gasteiger partial charge in [0.1, 0.15) is 5.82 Å². The first-order chi connectivity index (χ1) is 11.7. The zero-order chi connectivity index (χ0) is 17.4. The summed E-state index contributed by atoms with van der Waals surface area (Å²) in [4.78, 5) is 16.8. The molecule has 0 saturated heterocycles. The van der Waals surface area contributed by atoms with Crippen molar-refractivity contribution in [2.45, 2.75) is 26.7 Å². The number of rotatable bonds is 8. The highest BCUT2D eigenvalue weighted by atomic mass is 16.5. The number of nitrogens with zero attached hydrogens (tertiary/aromatic N) is 1. The zero-order valence-corrected chi connectivity index (χ0v) is 14.6. The standard InChI is InChI=1S/C19H25N3O2/c1-4-14-7-6-8-15(5-2)18(14)22-19(23)16-9-10-17(21-13-16)20-11-12-24-3/h6-10,13H,4-5,11-12H2,1-3H3,(H,20,21)(H,22,23). The molecule has 0 radical (unpaired) electrons. The summed E-state index contributed by atoms with van der Waals surface area (Å²) >= 11 is 0. The topological polar surface area (TPSA) is 63.2 Å². The first kappa shape index (κ1) is 17.9. The lowest BCUT2D eigenvalue weighted by molar-refractivity contribution is 0.102. The van der Waals surface area contributed by atoms with E-state index in [1.165, 1.54) is 0 Å². The molecule has 0 aliphatic carbocycles. The van der Waals surface area contributed by atoms with E-state index in [1.54, 1.807) is 25.4 Å². The van der Waals surface area contributed by atoms with Gasteiger partial charge in [-0.2, -0.15) is 0 Å². The first-order valence-corrected chi connectivity index (χ1v) is 8.30. The lowest BCUT2D eigenvalue weighted by Crippen LogP contribution is -2.15. The highest BCUT2D eigenvalue weighted by Gasteiger charge is 2.12. The Hall–Kier alpha value is -2.40. The molecule has 0 bridgehead atoms. The van der Waals surface area contributed by atoms with E-state index < -0.39 is 0 Å². The highest BCUT2D eigenvalue weighted by Crippen LogP contribution is 2.23. The van der Waals surface area contributed by atoms with Crippen LogP contribution >= 0.6 is 0 Å². The number of aromatic nitrogens is 1. The van der Waals surface area contributed by atoms with Crippen LogP contribution in [0.1, 0.15) is 35.3 Å². The fourth-order valence-electron chi connectivity index (χ4n) is 2.50. The molecule has 2 rings (SSSR count). The van der Waals surface area contributed by atoms with Gasteiger partial charge in [0, 0.05) is 25.5 Å². The maximum atomic E-state index is 12.5. The van der Waals surface area contributed by atoms with E-state index in [2.05, 4.69) is 41.6 Å². The molecule has 2 N–H and O–H groups in total. The third kappa shape index (κ3) is 4.55. The molecule has 0 aliphatic heterocycles. The van der Waals surface area contributed by atoms with Crippen LogP contribution in [0.2, 0.25) is 0 Å². The number of para-hydroxylation sites is 1. The van der Waals surface area contributed by atoms with Crippen LogP contribution in [0.5, 0.6) is 0 Å². The quantitative estimate of drug-likeness (QED) is 0.728. The molecule has 24 heavy (non-hydrogen) atoms. The molecule has 0 atom stereocenters. The van der Waals surface area contributed by atoms with E-state index in [0.717, 1.165) is 35.5 Å². The fraction of sp³-hybridized carbons (Fsp3) is 0.368. The maximum Gasteiger partial charge on any atom is 0.257 e. The van der Waals surface area contributed by atoms with Gasteiger partial charge in [0.15, 0.2) is 0 Å². The van der Waals surface area contributed by atoms with Gasteiger partial charge >= 0.3 is 0 Å². The lowest BCUT2D eigenvalue weighted by Gasteiger charge is -2.14. The number of anilines is 2. The number of benzene rings is 1. The van der Waals surface area contributed by atoms with E-state index in [9.17, 15) is 4.79 Å². The number of pyridine rings is 1. The minimum atomic E-state index is -0.137. The largest absolute Gasteiger partial charge is 0.383 e. The Morgan fingerprint density at radius 1 is 1.12 bits per heavy atom. The Kier molecular flexibility index (Phi) is 6.75. The van der Waals surface area contributed by atoms with E-state index in [1.807, 2.05) is 6.07 Å². The van der Waals surface area contributed by atoms with Gasteiger partial charge in [-0.05, 0) is 36.1 Å². The maximum absolute atomic E-state index is 12.5. The van der Waals surface area contributed by atoms with Crippen LogP contribution in [-0.4, -0.2) is 31.2 Å². The van der Waals surface area contributed by atoms with Gasteiger partial charge in [-0.25, -0.2) is 4.98 Å². The molecular weight excluding hydrogens is 302 g/mol. The van der Waals surface area contributed by atoms with Gasteiger partial charge in [-0.15, -0.1) is 0 Å². The van der Waals surface area contributed by atoms with Crippen LogP contribution in [-0.2, 0) is 17.6 Å². The Balaban J connectivity index is 2.10. The highest BCUT2D eigenvalue weighted by molar-refractivity contribution is 6.05. The SMILES string of the molecule is CCc1cccc(CC)c1NC(=O)c1ccc(NCCOC)nc1. The summed E-state index contributed by atoms with van der Waals surface area (Å²) < 4.78 is 4.98. The lowest BCUT2D eigenvalue weighted by atomic mass is 10.0. The molecule has 5 heteroatoms. The van der Waals surface area contributed by atoms with Crippen molar-refractivity contribution in [1.29, 1.82) is 0 Å². The molecule has 0 fully saturated rings. The summed E-state index contributed by atoms with van der Waals surface area (Å²) in [5, 5.41) is 6.18. The van der Waals surface area contributed by atoms with E-state index in [4.69, 9.17) is 4.74 Å². The number of hydrogen-bond donors (Lipinski definition) is 2. The van der Waals surface area contributed by atoms with Crippen LogP contribution in [0.15, 0.2) is 36.5 Å². The second-order valence-corrected chi connectivity index (χ2v) is 5.46. The molecule has 0 spiro atoms. The van der Waals surface area contributed by atoms with Crippen LogP contribution in [0.25, 0.3) is 0 Å². The molecule has 1 aromatic carbocycles. The second kappa shape index (κ2) is 9.03. The molecule has 1 amide bonds. The number of methoxy groups -OCH3 is 1. The molecule has 2 aromatic rings. The molecule has 0 saturated carbocycles. The summed E-state index contributed by atoms with van der Waals surface area (Å²) in [5.74, 6) is 0.591. The summed E-state index contributed by atoms with van der Waals surface area (Å²) in [6, 6.07) is 9.72. The molecule has 128 valence electrons. The number of carbonyl (C=O) groups excluding carboxylic acids is 1. The van der Waals surface area contributed by atoms with Gasteiger partial charge in [0.25, 0.3) is 5.91 Å². The summed E-state index contributed by atoms with van der Waals surface area (Å²) in [7, 11) is 1.65. The van der Waals surface area contributed by atoms with Gasteiger partial charge in [0.2, 0.25) is 0 Å². The summed E-state index contributed by atoms with van der Waals surface area (Å²) in [6.07, 6.45) is 3.35. The Bertz CT molecular complexity index is 647. The van der Waals surface area contributed by atoms with Crippen LogP contribution in [0.4, 0.5) is 11.5 Å². The predicted molar refractivity (Wildman–Crippen MR) is 97.8 cm³/mol. The Morgan fingerprint density at radius 2 is 1.83 bits per heavy atom. The van der Waals surface area contributed by atoms with Crippen LogP contribution in [0.3, 0.4) is 0 Å². The van der Waals surface area contributed by atoms with Gasteiger partial charge in [-0.1, -0.05) is 32.0 Å². The van der Waals surface area contributed by atoms with Crippen molar-refractivity contribution in [3.05, 3.63) is 53.2 Å². The minimum Gasteiger partial charge on any atom is -0.383 e. The third-order valence-corrected chi connectivity index (χ3v) is 3.88. The number of nitrogens with one attached hydrogen (secondary N) is 2. The van der Waals surface area contributed by atoms with Crippen LogP contribution < -0.4 is 10.6 Å². The normalized spacial score (nSPS) is 10.5. The number of aryl methyl sites for hydroxylation is 2. The number of hydrogen-bond acceptors (Lipinski definition) is 4. The number of carbonyl (C=O) groups is 1. The average molecular weight is 327 g/mol. The molecular formula is C19H25N3O2. The summed E-state index contributed by atoms with van der Waals surface area (Å²) in [5.41, 5.74) is 3.76. The van der Waals surface area contributed by atoms with Crippen molar-refractivity contribution in [2.75, 3.05) is 30.9 Å². The Morgan fingerprint density at radius 3 is 2.38 bits per heavy atom.